The topological polar surface area (TPSA) is 190 Å². The molecule has 15 heteroatoms. The second-order valence-corrected chi connectivity index (χ2v) is 9.17. The highest BCUT2D eigenvalue weighted by Gasteiger charge is 2.44. The van der Waals surface area contributed by atoms with Crippen molar-refractivity contribution < 1.29 is 52.0 Å². The Labute approximate surface area is 193 Å². The summed E-state index contributed by atoms with van der Waals surface area (Å²) in [6, 6.07) is 5.22. The number of ether oxygens (including phenoxy) is 2. The fourth-order valence-corrected chi connectivity index (χ4v) is 4.72. The number of thioether (sulfide) groups is 1. The molecule has 2 aromatic rings. The third-order valence-corrected chi connectivity index (χ3v) is 6.30. The molecule has 5 atom stereocenters. The summed E-state index contributed by atoms with van der Waals surface area (Å²) in [5, 5.41) is 43.7. The molecule has 1 aliphatic rings. The lowest BCUT2D eigenvalue weighted by atomic mass is 10.0. The van der Waals surface area contributed by atoms with Crippen LogP contribution in [0.5, 0.6) is 5.75 Å². The largest absolute Gasteiger partial charge is 0.496 e. The van der Waals surface area contributed by atoms with Crippen molar-refractivity contribution in [1.82, 2.24) is 4.73 Å². The Morgan fingerprint density at radius 3 is 2.55 bits per heavy atom. The van der Waals surface area contributed by atoms with Crippen molar-refractivity contribution >= 4 is 38.1 Å². The highest BCUT2D eigenvalue weighted by molar-refractivity contribution is 8.14. The molecule has 0 amide bonds. The third kappa shape index (κ3) is 5.70. The first-order valence-corrected chi connectivity index (χ1v) is 11.8. The van der Waals surface area contributed by atoms with Gasteiger partial charge in [-0.25, -0.2) is 4.28 Å². The molecule has 0 bridgehead atoms. The molecule has 0 spiro atoms. The van der Waals surface area contributed by atoms with Gasteiger partial charge in [-0.05, 0) is 17.7 Å². The van der Waals surface area contributed by atoms with Crippen molar-refractivity contribution in [2.75, 3.05) is 20.8 Å². The highest BCUT2D eigenvalue weighted by atomic mass is 32.3. The van der Waals surface area contributed by atoms with E-state index in [1.807, 2.05) is 0 Å². The van der Waals surface area contributed by atoms with E-state index < -0.39 is 46.9 Å². The molecule has 13 nitrogen and oxygen atoms in total. The van der Waals surface area contributed by atoms with E-state index in [0.29, 0.717) is 34.0 Å². The molecule has 0 aliphatic carbocycles. The summed E-state index contributed by atoms with van der Waals surface area (Å²) in [6.07, 6.45) is -4.50. The van der Waals surface area contributed by atoms with E-state index in [9.17, 15) is 28.8 Å². The van der Waals surface area contributed by atoms with E-state index in [0.717, 1.165) is 0 Å². The fraction of sp³-hybridized carbons (Fsp3) is 0.500. The van der Waals surface area contributed by atoms with Crippen molar-refractivity contribution in [2.24, 2.45) is 5.16 Å². The molecule has 0 saturated carbocycles. The van der Waals surface area contributed by atoms with Crippen LogP contribution in [-0.4, -0.2) is 93.8 Å². The summed E-state index contributed by atoms with van der Waals surface area (Å²) in [6.45, 7) is -0.644. The van der Waals surface area contributed by atoms with Crippen molar-refractivity contribution in [3.63, 3.8) is 0 Å². The van der Waals surface area contributed by atoms with Crippen LogP contribution in [0.15, 0.2) is 29.6 Å². The Balaban J connectivity index is 1.98. The second-order valence-electron chi connectivity index (χ2n) is 7.00. The zero-order valence-corrected chi connectivity index (χ0v) is 19.1. The molecule has 0 radical (unpaired) electrons. The lowest BCUT2D eigenvalue weighted by Crippen LogP contribution is -2.57. The van der Waals surface area contributed by atoms with Gasteiger partial charge in [0.15, 0.2) is 0 Å². The summed E-state index contributed by atoms with van der Waals surface area (Å²) in [5.74, 6) is 0.492. The molecule has 5 N–H and O–H groups in total. The zero-order valence-electron chi connectivity index (χ0n) is 17.5. The van der Waals surface area contributed by atoms with Crippen LogP contribution < -0.4 is 9.57 Å². The SMILES string of the molecule is COc1cccc2c1c(C/C(=N/OS(=O)(=O)O)S[C@@H]1O[C@H](CO)[C@@H](O)[C@H](O)[C@H]1O)cn2OC. The summed E-state index contributed by atoms with van der Waals surface area (Å²) in [5.41, 5.74) is -0.0687. The Morgan fingerprint density at radius 1 is 1.21 bits per heavy atom. The van der Waals surface area contributed by atoms with Crippen molar-refractivity contribution in [1.29, 1.82) is 0 Å². The molecule has 33 heavy (non-hydrogen) atoms. The number of aliphatic hydroxyl groups is 4. The Morgan fingerprint density at radius 2 is 1.94 bits per heavy atom. The van der Waals surface area contributed by atoms with E-state index >= 15 is 0 Å². The number of rotatable bonds is 8. The first-order chi connectivity index (χ1) is 15.6. The van der Waals surface area contributed by atoms with E-state index in [4.69, 9.17) is 18.9 Å². The number of aromatic nitrogens is 1. The Kier molecular flexibility index (Phi) is 8.07. The van der Waals surface area contributed by atoms with Gasteiger partial charge in [0, 0.05) is 18.0 Å². The van der Waals surface area contributed by atoms with E-state index in [1.165, 1.54) is 19.0 Å². The second kappa shape index (κ2) is 10.4. The zero-order chi connectivity index (χ0) is 24.3. The number of methoxy groups -OCH3 is 1. The molecule has 2 heterocycles. The van der Waals surface area contributed by atoms with Gasteiger partial charge in [0.25, 0.3) is 0 Å². The van der Waals surface area contributed by atoms with E-state index in [1.54, 1.807) is 24.4 Å². The number of fused-ring (bicyclic) bond motifs is 1. The Hall–Kier alpha value is -2.11. The summed E-state index contributed by atoms with van der Waals surface area (Å²) in [7, 11) is -2.02. The van der Waals surface area contributed by atoms with Crippen molar-refractivity contribution in [3.8, 4) is 5.75 Å². The fourth-order valence-electron chi connectivity index (χ4n) is 3.40. The van der Waals surface area contributed by atoms with Crippen molar-refractivity contribution in [2.45, 2.75) is 36.3 Å². The number of hydrogen-bond acceptors (Lipinski definition) is 12. The van der Waals surface area contributed by atoms with Gasteiger partial charge in [0.05, 0.1) is 19.2 Å². The van der Waals surface area contributed by atoms with Crippen LogP contribution in [0.1, 0.15) is 5.56 Å². The predicted octanol–water partition coefficient (Wildman–Crippen LogP) is -1.08. The van der Waals surface area contributed by atoms with E-state index in [2.05, 4.69) is 9.44 Å². The quantitative estimate of drug-likeness (QED) is 0.126. The number of aliphatic hydroxyl groups excluding tert-OH is 4. The number of benzene rings is 1. The average Bonchev–Trinajstić information content (AvgIpc) is 3.14. The van der Waals surface area contributed by atoms with Gasteiger partial charge >= 0.3 is 10.4 Å². The van der Waals surface area contributed by atoms with Gasteiger partial charge in [0.1, 0.15) is 47.8 Å². The van der Waals surface area contributed by atoms with Crippen LogP contribution in [-0.2, 0) is 25.8 Å². The van der Waals surface area contributed by atoms with Gasteiger partial charge in [-0.15, -0.1) is 0 Å². The lowest BCUT2D eigenvalue weighted by Gasteiger charge is -2.39. The maximum absolute atomic E-state index is 11.1. The number of hydrogen-bond donors (Lipinski definition) is 5. The first-order valence-electron chi connectivity index (χ1n) is 9.51. The minimum atomic E-state index is -4.94. The predicted molar refractivity (Wildman–Crippen MR) is 116 cm³/mol. The van der Waals surface area contributed by atoms with Crippen LogP contribution in [0.2, 0.25) is 0 Å². The summed E-state index contributed by atoms with van der Waals surface area (Å²) in [4.78, 5) is 5.32. The smallest absolute Gasteiger partial charge is 0.466 e. The van der Waals surface area contributed by atoms with Gasteiger partial charge in [0.2, 0.25) is 0 Å². The number of oxime groups is 1. The molecule has 1 saturated heterocycles. The maximum Gasteiger partial charge on any atom is 0.466 e. The van der Waals surface area contributed by atoms with Gasteiger partial charge < -0.3 is 34.7 Å². The Bertz CT molecular complexity index is 1100. The minimum absolute atomic E-state index is 0.0852. The van der Waals surface area contributed by atoms with E-state index in [-0.39, 0.29) is 11.5 Å². The monoisotopic (exact) mass is 508 g/mol. The maximum atomic E-state index is 11.1. The highest BCUT2D eigenvalue weighted by Crippen LogP contribution is 2.34. The molecule has 1 aliphatic heterocycles. The molecular formula is C18H24N2O11S2. The minimum Gasteiger partial charge on any atom is -0.496 e. The van der Waals surface area contributed by atoms with Gasteiger partial charge in [-0.1, -0.05) is 23.0 Å². The normalized spacial score (nSPS) is 26.4. The molecular weight excluding hydrogens is 484 g/mol. The first kappa shape index (κ1) is 25.5. The van der Waals surface area contributed by atoms with Crippen LogP contribution in [0.3, 0.4) is 0 Å². The lowest BCUT2D eigenvalue weighted by molar-refractivity contribution is -0.205. The standard InChI is InChI=1S/C18H24N2O11S2/c1-28-11-5-3-4-10-14(11)9(7-20(10)29-2)6-13(19-31-33(25,26)27)32-18-17(24)16(23)15(22)12(8-21)30-18/h3-5,7,12,15-18,21-24H,6,8H2,1-2H3,(H,25,26,27)/b19-13-/t12-,15-,16+,17-,18+/m1/s1. The third-order valence-electron chi connectivity index (χ3n) is 4.93. The van der Waals surface area contributed by atoms with Crippen LogP contribution in [0.4, 0.5) is 0 Å². The molecule has 1 aromatic carbocycles. The summed E-state index contributed by atoms with van der Waals surface area (Å²) < 4.78 is 47.6. The van der Waals surface area contributed by atoms with Gasteiger partial charge in [-0.3, -0.25) is 4.55 Å². The average molecular weight is 509 g/mol. The molecule has 184 valence electrons. The summed E-state index contributed by atoms with van der Waals surface area (Å²) >= 11 is 0.677. The van der Waals surface area contributed by atoms with Gasteiger partial charge in [-0.2, -0.15) is 13.1 Å². The van der Waals surface area contributed by atoms with Crippen LogP contribution >= 0.6 is 11.8 Å². The molecule has 0 unspecified atom stereocenters. The van der Waals surface area contributed by atoms with Crippen LogP contribution in [0.25, 0.3) is 10.9 Å². The molecule has 1 fully saturated rings. The number of nitrogens with zero attached hydrogens (tertiary/aromatic N) is 2. The van der Waals surface area contributed by atoms with Crippen molar-refractivity contribution in [3.05, 3.63) is 30.0 Å². The molecule has 1 aromatic heterocycles. The molecule has 3 rings (SSSR count). The van der Waals surface area contributed by atoms with Crippen LogP contribution in [0, 0.1) is 0 Å².